The third-order valence-electron chi connectivity index (χ3n) is 9.29. The van der Waals surface area contributed by atoms with Gasteiger partial charge in [0.2, 0.25) is 0 Å². The Hall–Kier alpha value is -3.23. The van der Waals surface area contributed by atoms with Gasteiger partial charge >= 0.3 is 6.18 Å². The third-order valence-corrected chi connectivity index (χ3v) is 10.4. The van der Waals surface area contributed by atoms with Crippen LogP contribution < -0.4 is 10.2 Å². The minimum Gasteiger partial charge on any atom is -0.368 e. The molecule has 6 rings (SSSR count). The van der Waals surface area contributed by atoms with Gasteiger partial charge in [0.15, 0.2) is 0 Å². The van der Waals surface area contributed by atoms with Crippen LogP contribution in [0.1, 0.15) is 64.3 Å². The lowest BCUT2D eigenvalue weighted by molar-refractivity contribution is -0.137. The molecule has 1 aliphatic carbocycles. The number of piperazine rings is 1. The van der Waals surface area contributed by atoms with Gasteiger partial charge < -0.3 is 10.2 Å². The molecule has 47 heavy (non-hydrogen) atoms. The van der Waals surface area contributed by atoms with E-state index < -0.39 is 11.7 Å². The number of benzene rings is 4. The van der Waals surface area contributed by atoms with Crippen molar-refractivity contribution in [2.24, 2.45) is 0 Å². The highest BCUT2D eigenvalue weighted by Gasteiger charge is 2.32. The second-order valence-corrected chi connectivity index (χ2v) is 13.5. The lowest BCUT2D eigenvalue weighted by atomic mass is 9.89. The van der Waals surface area contributed by atoms with Crippen molar-refractivity contribution in [1.82, 2.24) is 10.2 Å². The van der Waals surface area contributed by atoms with E-state index in [-0.39, 0.29) is 23.0 Å². The van der Waals surface area contributed by atoms with Crippen LogP contribution in [-0.2, 0) is 6.18 Å². The Bertz CT molecular complexity index is 1770. The summed E-state index contributed by atoms with van der Waals surface area (Å²) in [5.74, 6) is -0.0834. The maximum absolute atomic E-state index is 13.4. The summed E-state index contributed by atoms with van der Waals surface area (Å²) < 4.78 is 40.2. The normalized spacial score (nSPS) is 16.8. The average molecular weight is 701 g/mol. The maximum atomic E-state index is 13.4. The number of hydrogen-bond donors (Lipinski definition) is 1. The summed E-state index contributed by atoms with van der Waals surface area (Å²) in [6.45, 7) is 4.80. The summed E-state index contributed by atoms with van der Waals surface area (Å²) in [5, 5.41) is 4.26. The van der Waals surface area contributed by atoms with E-state index in [4.69, 9.17) is 34.8 Å². The first kappa shape index (κ1) is 33.7. The molecule has 246 valence electrons. The van der Waals surface area contributed by atoms with Gasteiger partial charge in [-0.25, -0.2) is 0 Å². The number of anilines is 1. The smallest absolute Gasteiger partial charge is 0.368 e. The number of halogens is 6. The van der Waals surface area contributed by atoms with Crippen LogP contribution in [0.5, 0.6) is 0 Å². The van der Waals surface area contributed by atoms with Crippen molar-refractivity contribution >= 4 is 46.4 Å². The minimum absolute atomic E-state index is 0.0313. The Balaban J connectivity index is 1.37. The summed E-state index contributed by atoms with van der Waals surface area (Å²) >= 11 is 19.3. The molecular weight excluding hydrogens is 666 g/mol. The van der Waals surface area contributed by atoms with Gasteiger partial charge in [-0.05, 0) is 84.5 Å². The largest absolute Gasteiger partial charge is 0.416 e. The molecule has 4 aromatic rings. The predicted molar refractivity (Wildman–Crippen MR) is 185 cm³/mol. The predicted octanol–water partition coefficient (Wildman–Crippen LogP) is 10.2. The zero-order chi connectivity index (χ0) is 33.3. The lowest BCUT2D eigenvalue weighted by Crippen LogP contribution is -2.48. The van der Waals surface area contributed by atoms with Gasteiger partial charge in [0, 0.05) is 48.4 Å². The Morgan fingerprint density at radius 2 is 1.57 bits per heavy atom. The van der Waals surface area contributed by atoms with Crippen LogP contribution in [0.4, 0.5) is 18.9 Å². The summed E-state index contributed by atoms with van der Waals surface area (Å²) in [6, 6.07) is 22.7. The second kappa shape index (κ2) is 14.1. The van der Waals surface area contributed by atoms with Crippen molar-refractivity contribution in [3.63, 3.8) is 0 Å². The quantitative estimate of drug-likeness (QED) is 0.209. The van der Waals surface area contributed by atoms with E-state index in [2.05, 4.69) is 15.1 Å². The first-order chi connectivity index (χ1) is 22.5. The van der Waals surface area contributed by atoms with Crippen LogP contribution in [0.2, 0.25) is 15.1 Å². The number of nitrogens with one attached hydrogen (secondary N) is 1. The highest BCUT2D eigenvalue weighted by Crippen LogP contribution is 2.40. The number of amides is 1. The molecule has 4 aromatic carbocycles. The van der Waals surface area contributed by atoms with Crippen molar-refractivity contribution in [2.45, 2.75) is 50.9 Å². The molecule has 1 heterocycles. The van der Waals surface area contributed by atoms with Crippen LogP contribution in [0, 0.1) is 6.92 Å². The Morgan fingerprint density at radius 3 is 2.28 bits per heavy atom. The van der Waals surface area contributed by atoms with E-state index in [9.17, 15) is 18.0 Å². The van der Waals surface area contributed by atoms with Crippen LogP contribution >= 0.6 is 34.8 Å². The SMILES string of the molecule is Cc1ccc(-c2ccc(C(F)(F)F)cc2Cl)cc1C(c1cccc(C(=O)NC2CCCC2)c1)N1CCN(c2cccc(Cl)c2Cl)CC1. The van der Waals surface area contributed by atoms with Gasteiger partial charge in [0.1, 0.15) is 0 Å². The molecule has 0 bridgehead atoms. The van der Waals surface area contributed by atoms with Gasteiger partial charge in [0.25, 0.3) is 5.91 Å². The van der Waals surface area contributed by atoms with Crippen molar-refractivity contribution in [3.05, 3.63) is 122 Å². The van der Waals surface area contributed by atoms with E-state index in [1.54, 1.807) is 6.07 Å². The topological polar surface area (TPSA) is 35.6 Å². The molecular formula is C37H35Cl3F3N3O. The maximum Gasteiger partial charge on any atom is 0.416 e. The van der Waals surface area contributed by atoms with Crippen LogP contribution in [0.3, 0.4) is 0 Å². The fourth-order valence-corrected chi connectivity index (χ4v) is 7.47. The zero-order valence-corrected chi connectivity index (χ0v) is 28.2. The molecule has 1 saturated heterocycles. The molecule has 1 amide bonds. The fourth-order valence-electron chi connectivity index (χ4n) is 6.76. The van der Waals surface area contributed by atoms with Crippen molar-refractivity contribution in [2.75, 3.05) is 31.1 Å². The Labute approximate surface area is 288 Å². The molecule has 0 aromatic heterocycles. The van der Waals surface area contributed by atoms with Gasteiger partial charge in [0.05, 0.1) is 27.3 Å². The number of hydrogen-bond acceptors (Lipinski definition) is 3. The lowest BCUT2D eigenvalue weighted by Gasteiger charge is -2.41. The molecule has 1 unspecified atom stereocenters. The highest BCUT2D eigenvalue weighted by atomic mass is 35.5. The summed E-state index contributed by atoms with van der Waals surface area (Å²) in [4.78, 5) is 17.9. The van der Waals surface area contributed by atoms with Crippen LogP contribution in [0.25, 0.3) is 11.1 Å². The van der Waals surface area contributed by atoms with E-state index in [0.717, 1.165) is 60.2 Å². The van der Waals surface area contributed by atoms with Gasteiger partial charge in [-0.2, -0.15) is 13.2 Å². The first-order valence-corrected chi connectivity index (χ1v) is 16.9. The Kier molecular flexibility index (Phi) is 10.1. The number of alkyl halides is 3. The summed E-state index contributed by atoms with van der Waals surface area (Å²) in [6.07, 6.45) is -0.255. The number of aryl methyl sites for hydroxylation is 1. The van der Waals surface area contributed by atoms with Gasteiger partial charge in [-0.15, -0.1) is 0 Å². The molecule has 1 saturated carbocycles. The molecule has 1 aliphatic heterocycles. The Morgan fingerprint density at radius 1 is 0.851 bits per heavy atom. The summed E-state index contributed by atoms with van der Waals surface area (Å²) in [5.41, 5.74) is 4.89. The van der Waals surface area contributed by atoms with E-state index in [1.807, 2.05) is 61.5 Å². The average Bonchev–Trinajstić information content (AvgIpc) is 3.57. The first-order valence-electron chi connectivity index (χ1n) is 15.8. The number of nitrogens with zero attached hydrogens (tertiary/aromatic N) is 2. The standard InChI is InChI=1S/C37H35Cl3F3N3O/c1-23-12-13-24(29-15-14-27(22-32(29)39)37(41,42)43)21-30(23)35(25-6-4-7-26(20-25)36(47)44-28-8-2-3-9-28)46-18-16-45(17-19-46)33-11-5-10-31(38)34(33)40/h4-7,10-15,20-22,28,35H,2-3,8-9,16-19H2,1H3,(H,44,47). The zero-order valence-electron chi connectivity index (χ0n) is 25.9. The third kappa shape index (κ3) is 7.44. The van der Waals surface area contributed by atoms with E-state index in [0.29, 0.717) is 52.9 Å². The summed E-state index contributed by atoms with van der Waals surface area (Å²) in [7, 11) is 0. The highest BCUT2D eigenvalue weighted by molar-refractivity contribution is 6.43. The molecule has 2 aliphatic rings. The van der Waals surface area contributed by atoms with Crippen molar-refractivity contribution in [3.8, 4) is 11.1 Å². The van der Waals surface area contributed by atoms with Crippen molar-refractivity contribution in [1.29, 1.82) is 0 Å². The molecule has 1 N–H and O–H groups in total. The molecule has 4 nitrogen and oxygen atoms in total. The molecule has 0 radical (unpaired) electrons. The second-order valence-electron chi connectivity index (χ2n) is 12.3. The molecule has 2 fully saturated rings. The number of carbonyl (C=O) groups is 1. The van der Waals surface area contributed by atoms with E-state index >= 15 is 0 Å². The monoisotopic (exact) mass is 699 g/mol. The van der Waals surface area contributed by atoms with Gasteiger partial charge in [-0.1, -0.05) is 84.0 Å². The number of carbonyl (C=O) groups excluding carboxylic acids is 1. The van der Waals surface area contributed by atoms with E-state index in [1.165, 1.54) is 6.07 Å². The molecule has 1 atom stereocenters. The van der Waals surface area contributed by atoms with Crippen LogP contribution in [0.15, 0.2) is 78.9 Å². The molecule has 10 heteroatoms. The minimum atomic E-state index is -4.49. The van der Waals surface area contributed by atoms with Crippen molar-refractivity contribution < 1.29 is 18.0 Å². The van der Waals surface area contributed by atoms with Crippen LogP contribution in [-0.4, -0.2) is 43.0 Å². The fraction of sp³-hybridized carbons (Fsp3) is 0.324. The van der Waals surface area contributed by atoms with Gasteiger partial charge in [-0.3, -0.25) is 9.69 Å². The number of rotatable bonds is 7. The molecule has 0 spiro atoms.